The molecular formula is C16H22N4. The fraction of sp³-hybridized carbons (Fsp3) is 0.438. The predicted molar refractivity (Wildman–Crippen MR) is 83.1 cm³/mol. The highest BCUT2D eigenvalue weighted by Gasteiger charge is 2.15. The third kappa shape index (κ3) is 2.64. The maximum absolute atomic E-state index is 4.31. The molecule has 4 heteroatoms. The number of benzene rings is 1. The van der Waals surface area contributed by atoms with E-state index in [4.69, 9.17) is 0 Å². The summed E-state index contributed by atoms with van der Waals surface area (Å²) in [6, 6.07) is 10.7. The van der Waals surface area contributed by atoms with E-state index in [0.717, 1.165) is 13.1 Å². The van der Waals surface area contributed by atoms with Gasteiger partial charge in [-0.3, -0.25) is 4.68 Å². The highest BCUT2D eigenvalue weighted by Crippen LogP contribution is 2.28. The molecule has 3 rings (SSSR count). The molecule has 0 aliphatic carbocycles. The standard InChI is InChI=1S/C16H22N4/c1-2-20-14(9-10-18-20)13-17-15-7-3-4-8-16(15)19-11-5-6-12-19/h3-4,7-10,17H,2,5-6,11-13H2,1H3. The first-order chi connectivity index (χ1) is 9.88. The van der Waals surface area contributed by atoms with Crippen molar-refractivity contribution in [2.75, 3.05) is 23.3 Å². The van der Waals surface area contributed by atoms with Crippen molar-refractivity contribution in [1.82, 2.24) is 9.78 Å². The number of rotatable bonds is 5. The Morgan fingerprint density at radius 3 is 2.75 bits per heavy atom. The van der Waals surface area contributed by atoms with Crippen molar-refractivity contribution in [3.8, 4) is 0 Å². The molecule has 0 saturated carbocycles. The maximum Gasteiger partial charge on any atom is 0.0602 e. The van der Waals surface area contributed by atoms with Crippen molar-refractivity contribution in [2.45, 2.75) is 32.9 Å². The third-order valence-electron chi connectivity index (χ3n) is 3.91. The number of nitrogens with one attached hydrogen (secondary N) is 1. The molecule has 106 valence electrons. The summed E-state index contributed by atoms with van der Waals surface area (Å²) in [5.74, 6) is 0. The summed E-state index contributed by atoms with van der Waals surface area (Å²) in [5, 5.41) is 7.88. The number of para-hydroxylation sites is 2. The molecule has 2 heterocycles. The quantitative estimate of drug-likeness (QED) is 0.906. The van der Waals surface area contributed by atoms with Crippen molar-refractivity contribution in [3.05, 3.63) is 42.2 Å². The van der Waals surface area contributed by atoms with Gasteiger partial charge in [-0.15, -0.1) is 0 Å². The maximum atomic E-state index is 4.31. The smallest absolute Gasteiger partial charge is 0.0602 e. The highest BCUT2D eigenvalue weighted by atomic mass is 15.3. The topological polar surface area (TPSA) is 33.1 Å². The summed E-state index contributed by atoms with van der Waals surface area (Å²) >= 11 is 0. The molecular weight excluding hydrogens is 248 g/mol. The molecule has 20 heavy (non-hydrogen) atoms. The molecule has 4 nitrogen and oxygen atoms in total. The SMILES string of the molecule is CCn1nccc1CNc1ccccc1N1CCCC1. The van der Waals surface area contributed by atoms with Gasteiger partial charge in [0.05, 0.1) is 23.6 Å². The van der Waals surface area contributed by atoms with Crippen LogP contribution >= 0.6 is 0 Å². The fourth-order valence-electron chi connectivity index (χ4n) is 2.84. The van der Waals surface area contributed by atoms with Gasteiger partial charge in [-0.2, -0.15) is 5.10 Å². The molecule has 1 fully saturated rings. The van der Waals surface area contributed by atoms with Crippen molar-refractivity contribution < 1.29 is 0 Å². The molecule has 1 saturated heterocycles. The Hall–Kier alpha value is -1.97. The lowest BCUT2D eigenvalue weighted by molar-refractivity contribution is 0.627. The van der Waals surface area contributed by atoms with Gasteiger partial charge in [0.1, 0.15) is 0 Å². The van der Waals surface area contributed by atoms with E-state index in [1.165, 1.54) is 43.0 Å². The second kappa shape index (κ2) is 5.99. The molecule has 2 aromatic rings. The number of hydrogen-bond acceptors (Lipinski definition) is 3. The average Bonchev–Trinajstić information content (AvgIpc) is 3.16. The molecule has 0 atom stereocenters. The molecule has 0 amide bonds. The Balaban J connectivity index is 1.74. The van der Waals surface area contributed by atoms with Crippen molar-refractivity contribution in [2.24, 2.45) is 0 Å². The predicted octanol–water partition coefficient (Wildman–Crippen LogP) is 3.12. The molecule has 0 bridgehead atoms. The zero-order valence-corrected chi connectivity index (χ0v) is 12.0. The van der Waals surface area contributed by atoms with Gasteiger partial charge < -0.3 is 10.2 Å². The van der Waals surface area contributed by atoms with Gasteiger partial charge in [0.25, 0.3) is 0 Å². The zero-order chi connectivity index (χ0) is 13.8. The summed E-state index contributed by atoms with van der Waals surface area (Å²) in [4.78, 5) is 2.47. The summed E-state index contributed by atoms with van der Waals surface area (Å²) in [6.07, 6.45) is 4.47. The minimum atomic E-state index is 0.818. The van der Waals surface area contributed by atoms with Crippen LogP contribution < -0.4 is 10.2 Å². The van der Waals surface area contributed by atoms with E-state index in [9.17, 15) is 0 Å². The molecule has 1 aliphatic rings. The van der Waals surface area contributed by atoms with Gasteiger partial charge in [-0.05, 0) is 38.0 Å². The normalized spacial score (nSPS) is 14.8. The van der Waals surface area contributed by atoms with Gasteiger partial charge in [0, 0.05) is 25.8 Å². The monoisotopic (exact) mass is 270 g/mol. The van der Waals surface area contributed by atoms with Crippen molar-refractivity contribution in [3.63, 3.8) is 0 Å². The molecule has 0 spiro atoms. The van der Waals surface area contributed by atoms with Crippen LogP contribution in [-0.2, 0) is 13.1 Å². The van der Waals surface area contributed by atoms with Gasteiger partial charge in [0.2, 0.25) is 0 Å². The Bertz CT molecular complexity index is 555. The van der Waals surface area contributed by atoms with Crippen LogP contribution in [-0.4, -0.2) is 22.9 Å². The van der Waals surface area contributed by atoms with Crippen LogP contribution in [0.4, 0.5) is 11.4 Å². The van der Waals surface area contributed by atoms with Gasteiger partial charge >= 0.3 is 0 Å². The average molecular weight is 270 g/mol. The minimum Gasteiger partial charge on any atom is -0.378 e. The van der Waals surface area contributed by atoms with Crippen LogP contribution in [0.1, 0.15) is 25.5 Å². The van der Waals surface area contributed by atoms with Crippen LogP contribution in [0.15, 0.2) is 36.5 Å². The molecule has 0 radical (unpaired) electrons. The minimum absolute atomic E-state index is 0.818. The lowest BCUT2D eigenvalue weighted by Gasteiger charge is -2.22. The first-order valence-electron chi connectivity index (χ1n) is 7.47. The molecule has 1 aromatic heterocycles. The number of aryl methyl sites for hydroxylation is 1. The highest BCUT2D eigenvalue weighted by molar-refractivity contribution is 5.70. The largest absolute Gasteiger partial charge is 0.378 e. The second-order valence-corrected chi connectivity index (χ2v) is 5.20. The van der Waals surface area contributed by atoms with E-state index < -0.39 is 0 Å². The van der Waals surface area contributed by atoms with E-state index >= 15 is 0 Å². The van der Waals surface area contributed by atoms with Crippen LogP contribution in [0.25, 0.3) is 0 Å². The fourth-order valence-corrected chi connectivity index (χ4v) is 2.84. The van der Waals surface area contributed by atoms with Crippen LogP contribution in [0.5, 0.6) is 0 Å². The van der Waals surface area contributed by atoms with E-state index in [1.807, 2.05) is 10.9 Å². The van der Waals surface area contributed by atoms with Gasteiger partial charge in [0.15, 0.2) is 0 Å². The molecule has 1 N–H and O–H groups in total. The van der Waals surface area contributed by atoms with Crippen molar-refractivity contribution >= 4 is 11.4 Å². The number of hydrogen-bond donors (Lipinski definition) is 1. The number of anilines is 2. The summed E-state index contributed by atoms with van der Waals surface area (Å²) < 4.78 is 2.03. The molecule has 1 aromatic carbocycles. The van der Waals surface area contributed by atoms with E-state index in [0.29, 0.717) is 0 Å². The zero-order valence-electron chi connectivity index (χ0n) is 12.0. The summed E-state index contributed by atoms with van der Waals surface area (Å²) in [6.45, 7) is 6.20. The number of aromatic nitrogens is 2. The second-order valence-electron chi connectivity index (χ2n) is 5.20. The van der Waals surface area contributed by atoms with Crippen LogP contribution in [0, 0.1) is 0 Å². The summed E-state index contributed by atoms with van der Waals surface area (Å²) in [7, 11) is 0. The lowest BCUT2D eigenvalue weighted by atomic mass is 10.2. The van der Waals surface area contributed by atoms with E-state index in [-0.39, 0.29) is 0 Å². The first kappa shape index (κ1) is 13.0. The Morgan fingerprint density at radius 1 is 1.15 bits per heavy atom. The Labute approximate surface area is 120 Å². The van der Waals surface area contributed by atoms with Gasteiger partial charge in [-0.1, -0.05) is 12.1 Å². The van der Waals surface area contributed by atoms with E-state index in [1.54, 1.807) is 0 Å². The Kier molecular flexibility index (Phi) is 3.90. The third-order valence-corrected chi connectivity index (χ3v) is 3.91. The van der Waals surface area contributed by atoms with Crippen molar-refractivity contribution in [1.29, 1.82) is 0 Å². The van der Waals surface area contributed by atoms with E-state index in [2.05, 4.69) is 52.6 Å². The number of nitrogens with zero attached hydrogens (tertiary/aromatic N) is 3. The molecule has 1 aliphatic heterocycles. The van der Waals surface area contributed by atoms with Gasteiger partial charge in [-0.25, -0.2) is 0 Å². The Morgan fingerprint density at radius 2 is 1.95 bits per heavy atom. The lowest BCUT2D eigenvalue weighted by Crippen LogP contribution is -2.19. The first-order valence-corrected chi connectivity index (χ1v) is 7.47. The van der Waals surface area contributed by atoms with Crippen LogP contribution in [0.3, 0.4) is 0 Å². The summed E-state index contributed by atoms with van der Waals surface area (Å²) in [5.41, 5.74) is 3.77. The molecule has 0 unspecified atom stereocenters. The van der Waals surface area contributed by atoms with Crippen LogP contribution in [0.2, 0.25) is 0 Å².